The summed E-state index contributed by atoms with van der Waals surface area (Å²) in [5, 5.41) is 3.52. The number of benzene rings is 2. The van der Waals surface area contributed by atoms with E-state index in [-0.39, 0.29) is 18.7 Å². The van der Waals surface area contributed by atoms with Crippen molar-refractivity contribution in [3.63, 3.8) is 0 Å². The van der Waals surface area contributed by atoms with Crippen LogP contribution < -0.4 is 14.8 Å². The lowest BCUT2D eigenvalue weighted by molar-refractivity contribution is -0.117. The standard InChI is InChI=1S/C18H16ClNO3/c1-12(14-6-8-16-17(10-14)23-11-22-16)20-18(21)9-7-13-4-2-3-5-15(13)19/h2-10,12H,11H2,1H3,(H,20,21)/b9-7+. The van der Waals surface area contributed by atoms with Gasteiger partial charge in [0, 0.05) is 11.1 Å². The van der Waals surface area contributed by atoms with Gasteiger partial charge in [0.05, 0.1) is 6.04 Å². The molecule has 1 heterocycles. The summed E-state index contributed by atoms with van der Waals surface area (Å²) in [6.07, 6.45) is 3.18. The largest absolute Gasteiger partial charge is 0.454 e. The fraction of sp³-hybridized carbons (Fsp3) is 0.167. The number of hydrogen-bond donors (Lipinski definition) is 1. The SMILES string of the molecule is CC(NC(=O)/C=C/c1ccccc1Cl)c1ccc2c(c1)OCO2. The predicted molar refractivity (Wildman–Crippen MR) is 89.6 cm³/mol. The first-order chi connectivity index (χ1) is 11.1. The molecule has 0 aromatic heterocycles. The third-order valence-electron chi connectivity index (χ3n) is 3.57. The summed E-state index contributed by atoms with van der Waals surface area (Å²) in [4.78, 5) is 12.0. The van der Waals surface area contributed by atoms with Gasteiger partial charge in [-0.25, -0.2) is 0 Å². The summed E-state index contributed by atoms with van der Waals surface area (Å²) in [5.74, 6) is 1.25. The molecule has 0 spiro atoms. The van der Waals surface area contributed by atoms with E-state index in [9.17, 15) is 4.79 Å². The Balaban J connectivity index is 1.64. The van der Waals surface area contributed by atoms with E-state index in [1.165, 1.54) is 6.08 Å². The highest BCUT2D eigenvalue weighted by atomic mass is 35.5. The van der Waals surface area contributed by atoms with Crippen LogP contribution in [0.5, 0.6) is 11.5 Å². The van der Waals surface area contributed by atoms with Crippen molar-refractivity contribution in [1.82, 2.24) is 5.32 Å². The fourth-order valence-electron chi connectivity index (χ4n) is 2.30. The van der Waals surface area contributed by atoms with E-state index in [1.54, 1.807) is 12.1 Å². The molecule has 3 rings (SSSR count). The van der Waals surface area contributed by atoms with Gasteiger partial charge in [0.2, 0.25) is 12.7 Å². The Morgan fingerprint density at radius 2 is 2.00 bits per heavy atom. The van der Waals surface area contributed by atoms with Gasteiger partial charge in [-0.1, -0.05) is 35.9 Å². The summed E-state index contributed by atoms with van der Waals surface area (Å²) in [6.45, 7) is 2.15. The Kier molecular flexibility index (Phi) is 4.53. The molecule has 0 aliphatic carbocycles. The molecule has 23 heavy (non-hydrogen) atoms. The van der Waals surface area contributed by atoms with Crippen LogP contribution in [0.3, 0.4) is 0 Å². The summed E-state index contributed by atoms with van der Waals surface area (Å²) in [6, 6.07) is 12.9. The molecule has 1 amide bonds. The van der Waals surface area contributed by atoms with Gasteiger partial charge in [-0.05, 0) is 42.3 Å². The number of fused-ring (bicyclic) bond motifs is 1. The highest BCUT2D eigenvalue weighted by Crippen LogP contribution is 2.34. The van der Waals surface area contributed by atoms with Gasteiger partial charge in [-0.2, -0.15) is 0 Å². The van der Waals surface area contributed by atoms with Crippen molar-refractivity contribution in [2.24, 2.45) is 0 Å². The van der Waals surface area contributed by atoms with Gasteiger partial charge < -0.3 is 14.8 Å². The van der Waals surface area contributed by atoms with Crippen LogP contribution in [0.15, 0.2) is 48.5 Å². The monoisotopic (exact) mass is 329 g/mol. The molecule has 5 heteroatoms. The Hall–Kier alpha value is -2.46. The van der Waals surface area contributed by atoms with E-state index in [4.69, 9.17) is 21.1 Å². The first-order valence-electron chi connectivity index (χ1n) is 7.26. The third-order valence-corrected chi connectivity index (χ3v) is 3.92. The average Bonchev–Trinajstić information content (AvgIpc) is 3.01. The smallest absolute Gasteiger partial charge is 0.244 e. The van der Waals surface area contributed by atoms with Crippen LogP contribution in [0.4, 0.5) is 0 Å². The van der Waals surface area contributed by atoms with Crippen molar-refractivity contribution < 1.29 is 14.3 Å². The van der Waals surface area contributed by atoms with Crippen molar-refractivity contribution in [2.75, 3.05) is 6.79 Å². The number of carbonyl (C=O) groups excluding carboxylic acids is 1. The molecule has 4 nitrogen and oxygen atoms in total. The second-order valence-corrected chi connectivity index (χ2v) is 5.61. The Morgan fingerprint density at radius 3 is 2.83 bits per heavy atom. The Labute approximate surface area is 139 Å². The number of hydrogen-bond acceptors (Lipinski definition) is 3. The van der Waals surface area contributed by atoms with Crippen LogP contribution in [-0.2, 0) is 4.79 Å². The minimum Gasteiger partial charge on any atom is -0.454 e. The molecular weight excluding hydrogens is 314 g/mol. The summed E-state index contributed by atoms with van der Waals surface area (Å²) in [5.41, 5.74) is 1.76. The summed E-state index contributed by atoms with van der Waals surface area (Å²) >= 11 is 6.05. The molecule has 1 aliphatic rings. The van der Waals surface area contributed by atoms with Crippen LogP contribution >= 0.6 is 11.6 Å². The van der Waals surface area contributed by atoms with E-state index in [0.29, 0.717) is 10.8 Å². The van der Waals surface area contributed by atoms with E-state index < -0.39 is 0 Å². The van der Waals surface area contributed by atoms with Crippen molar-refractivity contribution in [3.8, 4) is 11.5 Å². The van der Waals surface area contributed by atoms with Gasteiger partial charge in [-0.3, -0.25) is 4.79 Å². The molecule has 2 aromatic carbocycles. The van der Waals surface area contributed by atoms with E-state index >= 15 is 0 Å². The Morgan fingerprint density at radius 1 is 1.22 bits per heavy atom. The normalized spacial score (nSPS) is 14.0. The van der Waals surface area contributed by atoms with Crippen molar-refractivity contribution in [1.29, 1.82) is 0 Å². The molecule has 1 unspecified atom stereocenters. The minimum atomic E-state index is -0.185. The number of nitrogens with one attached hydrogen (secondary N) is 1. The lowest BCUT2D eigenvalue weighted by atomic mass is 10.1. The van der Waals surface area contributed by atoms with Gasteiger partial charge >= 0.3 is 0 Å². The van der Waals surface area contributed by atoms with E-state index in [1.807, 2.05) is 43.3 Å². The van der Waals surface area contributed by atoms with Crippen molar-refractivity contribution in [2.45, 2.75) is 13.0 Å². The van der Waals surface area contributed by atoms with Crippen LogP contribution in [0.2, 0.25) is 5.02 Å². The number of halogens is 1. The molecule has 1 N–H and O–H groups in total. The van der Waals surface area contributed by atoms with Crippen molar-refractivity contribution in [3.05, 3.63) is 64.7 Å². The molecule has 0 saturated carbocycles. The molecule has 0 fully saturated rings. The quantitative estimate of drug-likeness (QED) is 0.864. The zero-order valence-electron chi connectivity index (χ0n) is 12.6. The van der Waals surface area contributed by atoms with Gasteiger partial charge in [0.1, 0.15) is 0 Å². The molecule has 2 aromatic rings. The molecular formula is C18H16ClNO3. The zero-order chi connectivity index (χ0) is 16.2. The lowest BCUT2D eigenvalue weighted by Crippen LogP contribution is -2.24. The molecule has 118 valence electrons. The van der Waals surface area contributed by atoms with Gasteiger partial charge in [0.25, 0.3) is 0 Å². The third kappa shape index (κ3) is 3.66. The van der Waals surface area contributed by atoms with Crippen LogP contribution in [0, 0.1) is 0 Å². The zero-order valence-corrected chi connectivity index (χ0v) is 13.3. The maximum Gasteiger partial charge on any atom is 0.244 e. The molecule has 0 radical (unpaired) electrons. The minimum absolute atomic E-state index is 0.145. The summed E-state index contributed by atoms with van der Waals surface area (Å²) < 4.78 is 10.6. The van der Waals surface area contributed by atoms with E-state index in [0.717, 1.165) is 16.9 Å². The van der Waals surface area contributed by atoms with E-state index in [2.05, 4.69) is 5.32 Å². The first kappa shape index (κ1) is 15.4. The number of carbonyl (C=O) groups is 1. The first-order valence-corrected chi connectivity index (χ1v) is 7.64. The molecule has 0 bridgehead atoms. The fourth-order valence-corrected chi connectivity index (χ4v) is 2.50. The highest BCUT2D eigenvalue weighted by molar-refractivity contribution is 6.32. The van der Waals surface area contributed by atoms with Crippen LogP contribution in [0.25, 0.3) is 6.08 Å². The number of rotatable bonds is 4. The van der Waals surface area contributed by atoms with Crippen LogP contribution in [-0.4, -0.2) is 12.7 Å². The highest BCUT2D eigenvalue weighted by Gasteiger charge is 2.16. The maximum absolute atomic E-state index is 12.0. The second kappa shape index (κ2) is 6.75. The van der Waals surface area contributed by atoms with Crippen LogP contribution in [0.1, 0.15) is 24.1 Å². The number of amides is 1. The van der Waals surface area contributed by atoms with Gasteiger partial charge in [0.15, 0.2) is 11.5 Å². The van der Waals surface area contributed by atoms with Gasteiger partial charge in [-0.15, -0.1) is 0 Å². The predicted octanol–water partition coefficient (Wildman–Crippen LogP) is 3.96. The molecule has 1 aliphatic heterocycles. The molecule has 0 saturated heterocycles. The Bertz CT molecular complexity index is 758. The topological polar surface area (TPSA) is 47.6 Å². The van der Waals surface area contributed by atoms with Crippen molar-refractivity contribution >= 4 is 23.6 Å². The maximum atomic E-state index is 12.0. The second-order valence-electron chi connectivity index (χ2n) is 5.20. The number of ether oxygens (including phenoxy) is 2. The summed E-state index contributed by atoms with van der Waals surface area (Å²) in [7, 11) is 0. The molecule has 1 atom stereocenters. The average molecular weight is 330 g/mol. The lowest BCUT2D eigenvalue weighted by Gasteiger charge is -2.13.